The zero-order valence-electron chi connectivity index (χ0n) is 7.84. The number of hydrogen-bond donors (Lipinski definition) is 2. The van der Waals surface area contributed by atoms with E-state index in [4.69, 9.17) is 11.0 Å². The molecule has 1 aromatic carbocycles. The van der Waals surface area contributed by atoms with Gasteiger partial charge in [0.25, 0.3) is 0 Å². The van der Waals surface area contributed by atoms with E-state index in [9.17, 15) is 13.6 Å². The number of benzene rings is 1. The predicted molar refractivity (Wildman–Crippen MR) is 53.6 cm³/mol. The van der Waals surface area contributed by atoms with Gasteiger partial charge in [-0.25, -0.2) is 8.78 Å². The van der Waals surface area contributed by atoms with Gasteiger partial charge in [-0.3, -0.25) is 4.79 Å². The van der Waals surface area contributed by atoms with Crippen molar-refractivity contribution in [1.29, 1.82) is 5.26 Å². The first-order valence-electron chi connectivity index (χ1n) is 4.25. The molecule has 80 valence electrons. The van der Waals surface area contributed by atoms with Crippen molar-refractivity contribution in [3.63, 3.8) is 0 Å². The van der Waals surface area contributed by atoms with Gasteiger partial charge >= 0.3 is 0 Å². The van der Waals surface area contributed by atoms with Crippen LogP contribution in [0.3, 0.4) is 0 Å². The van der Waals surface area contributed by atoms with Gasteiger partial charge in [0.05, 0.1) is 10.9 Å². The Morgan fingerprint density at radius 1 is 1.31 bits per heavy atom. The van der Waals surface area contributed by atoms with Crippen molar-refractivity contribution in [3.05, 3.63) is 39.6 Å². The fraction of sp³-hybridized carbons (Fsp3) is 0. The number of nitrogen functional groups attached to an aromatic ring is 1. The van der Waals surface area contributed by atoms with E-state index in [1.165, 1.54) is 0 Å². The zero-order chi connectivity index (χ0) is 11.9. The smallest absolute Gasteiger partial charge is 0.209 e. The van der Waals surface area contributed by atoms with Crippen molar-refractivity contribution in [3.8, 4) is 6.07 Å². The molecule has 1 heterocycles. The van der Waals surface area contributed by atoms with Crippen LogP contribution in [-0.4, -0.2) is 4.98 Å². The molecule has 0 fully saturated rings. The van der Waals surface area contributed by atoms with Crippen LogP contribution in [-0.2, 0) is 0 Å². The molecular weight excluding hydrogens is 216 g/mol. The molecule has 2 rings (SSSR count). The molecule has 0 aliphatic rings. The molecule has 0 spiro atoms. The first kappa shape index (κ1) is 10.1. The topological polar surface area (TPSA) is 82.7 Å². The molecule has 0 atom stereocenters. The summed E-state index contributed by atoms with van der Waals surface area (Å²) in [6.45, 7) is 0. The van der Waals surface area contributed by atoms with Crippen LogP contribution in [0, 0.1) is 23.0 Å². The van der Waals surface area contributed by atoms with Gasteiger partial charge in [0, 0.05) is 6.07 Å². The Morgan fingerprint density at radius 3 is 2.56 bits per heavy atom. The number of rotatable bonds is 0. The monoisotopic (exact) mass is 221 g/mol. The third-order valence-corrected chi connectivity index (χ3v) is 2.18. The second-order valence-electron chi connectivity index (χ2n) is 3.17. The maximum atomic E-state index is 12.9. The van der Waals surface area contributed by atoms with Gasteiger partial charge in [0.15, 0.2) is 11.6 Å². The Kier molecular flexibility index (Phi) is 2.09. The Labute approximate surface area is 87.9 Å². The van der Waals surface area contributed by atoms with E-state index in [0.717, 1.165) is 12.1 Å². The predicted octanol–water partition coefficient (Wildman–Crippen LogP) is 1.26. The number of halogens is 2. The molecule has 4 nitrogen and oxygen atoms in total. The molecule has 0 bridgehead atoms. The molecule has 0 saturated heterocycles. The summed E-state index contributed by atoms with van der Waals surface area (Å²) in [5.74, 6) is -2.40. The molecule has 16 heavy (non-hydrogen) atoms. The average Bonchev–Trinajstić information content (AvgIpc) is 2.22. The Hall–Kier alpha value is -2.42. The molecule has 3 N–H and O–H groups in total. The summed E-state index contributed by atoms with van der Waals surface area (Å²) >= 11 is 0. The van der Waals surface area contributed by atoms with E-state index in [0.29, 0.717) is 0 Å². The first-order valence-corrected chi connectivity index (χ1v) is 4.25. The quantitative estimate of drug-likeness (QED) is 0.702. The number of hydrogen-bond acceptors (Lipinski definition) is 3. The summed E-state index contributed by atoms with van der Waals surface area (Å²) in [4.78, 5) is 14.1. The largest absolute Gasteiger partial charge is 0.384 e. The summed E-state index contributed by atoms with van der Waals surface area (Å²) in [5.41, 5.74) is 4.43. The van der Waals surface area contributed by atoms with Crippen LogP contribution in [0.25, 0.3) is 10.9 Å². The fourth-order valence-electron chi connectivity index (χ4n) is 1.41. The fourth-order valence-corrected chi connectivity index (χ4v) is 1.41. The van der Waals surface area contributed by atoms with E-state index in [2.05, 4.69) is 4.98 Å². The van der Waals surface area contributed by atoms with E-state index in [-0.39, 0.29) is 22.3 Å². The number of H-pyrrole nitrogens is 1. The maximum absolute atomic E-state index is 12.9. The standard InChI is InChI=1S/C10H5F2N3O/c11-6-1-4-8(2-7(6)12)15-10(14)5(3-13)9(4)16/h1-2H,(H3,14,15,16). The molecule has 0 unspecified atom stereocenters. The van der Waals surface area contributed by atoms with E-state index in [1.54, 1.807) is 6.07 Å². The molecule has 0 saturated carbocycles. The highest BCUT2D eigenvalue weighted by molar-refractivity contribution is 5.82. The molecule has 2 aromatic rings. The highest BCUT2D eigenvalue weighted by Gasteiger charge is 2.12. The van der Waals surface area contributed by atoms with E-state index < -0.39 is 17.1 Å². The zero-order valence-corrected chi connectivity index (χ0v) is 7.84. The molecule has 6 heteroatoms. The number of fused-ring (bicyclic) bond motifs is 1. The second-order valence-corrected chi connectivity index (χ2v) is 3.17. The Balaban J connectivity index is 3.01. The van der Waals surface area contributed by atoms with E-state index in [1.807, 2.05) is 0 Å². The number of nitrogens with two attached hydrogens (primary N) is 1. The van der Waals surface area contributed by atoms with Crippen LogP contribution in [0.4, 0.5) is 14.6 Å². The van der Waals surface area contributed by atoms with Crippen molar-refractivity contribution < 1.29 is 8.78 Å². The van der Waals surface area contributed by atoms with Crippen LogP contribution >= 0.6 is 0 Å². The van der Waals surface area contributed by atoms with Crippen LogP contribution in [0.1, 0.15) is 5.56 Å². The van der Waals surface area contributed by atoms with Gasteiger partial charge < -0.3 is 10.7 Å². The molecule has 0 amide bonds. The highest BCUT2D eigenvalue weighted by atomic mass is 19.2. The lowest BCUT2D eigenvalue weighted by Crippen LogP contribution is -2.12. The maximum Gasteiger partial charge on any atom is 0.209 e. The van der Waals surface area contributed by atoms with Crippen molar-refractivity contribution in [1.82, 2.24) is 4.98 Å². The second kappa shape index (κ2) is 3.31. The molecule has 0 radical (unpaired) electrons. The summed E-state index contributed by atoms with van der Waals surface area (Å²) in [6.07, 6.45) is 0. The van der Waals surface area contributed by atoms with Crippen molar-refractivity contribution in [2.45, 2.75) is 0 Å². The van der Waals surface area contributed by atoms with Gasteiger partial charge in [-0.2, -0.15) is 5.26 Å². The number of pyridine rings is 1. The van der Waals surface area contributed by atoms with Crippen molar-refractivity contribution >= 4 is 16.7 Å². The van der Waals surface area contributed by atoms with Crippen LogP contribution < -0.4 is 11.2 Å². The number of aromatic amines is 1. The lowest BCUT2D eigenvalue weighted by atomic mass is 10.1. The van der Waals surface area contributed by atoms with Crippen LogP contribution in [0.15, 0.2) is 16.9 Å². The summed E-state index contributed by atoms with van der Waals surface area (Å²) in [5, 5.41) is 8.56. The van der Waals surface area contributed by atoms with Crippen molar-refractivity contribution in [2.75, 3.05) is 5.73 Å². The summed E-state index contributed by atoms with van der Waals surface area (Å²) in [7, 11) is 0. The summed E-state index contributed by atoms with van der Waals surface area (Å²) < 4.78 is 25.8. The van der Waals surface area contributed by atoms with E-state index >= 15 is 0 Å². The Morgan fingerprint density at radius 2 is 1.94 bits per heavy atom. The number of anilines is 1. The van der Waals surface area contributed by atoms with Crippen LogP contribution in [0.5, 0.6) is 0 Å². The van der Waals surface area contributed by atoms with Gasteiger partial charge in [0.2, 0.25) is 5.43 Å². The molecule has 1 aromatic heterocycles. The van der Waals surface area contributed by atoms with Gasteiger partial charge in [-0.1, -0.05) is 0 Å². The minimum atomic E-state index is -1.15. The normalized spacial score (nSPS) is 10.3. The number of aromatic nitrogens is 1. The lowest BCUT2D eigenvalue weighted by Gasteiger charge is -2.02. The Bertz CT molecular complexity index is 685. The minimum absolute atomic E-state index is 0.0559. The summed E-state index contributed by atoms with van der Waals surface area (Å²) in [6, 6.07) is 3.17. The van der Waals surface area contributed by atoms with Gasteiger partial charge in [-0.15, -0.1) is 0 Å². The SMILES string of the molecule is N#Cc1c(N)[nH]c2cc(F)c(F)cc2c1=O. The minimum Gasteiger partial charge on any atom is -0.384 e. The number of nitrogens with zero attached hydrogens (tertiary/aromatic N) is 1. The first-order chi connectivity index (χ1) is 7.54. The average molecular weight is 221 g/mol. The molecule has 0 aliphatic carbocycles. The van der Waals surface area contributed by atoms with Crippen LogP contribution in [0.2, 0.25) is 0 Å². The lowest BCUT2D eigenvalue weighted by molar-refractivity contribution is 0.510. The van der Waals surface area contributed by atoms with Crippen molar-refractivity contribution in [2.24, 2.45) is 0 Å². The van der Waals surface area contributed by atoms with Gasteiger partial charge in [-0.05, 0) is 6.07 Å². The number of nitriles is 1. The molecular formula is C10H5F2N3O. The van der Waals surface area contributed by atoms with Gasteiger partial charge in [0.1, 0.15) is 17.5 Å². The third-order valence-electron chi connectivity index (χ3n) is 2.18. The highest BCUT2D eigenvalue weighted by Crippen LogP contribution is 2.16. The number of nitrogens with one attached hydrogen (secondary N) is 1. The molecule has 0 aliphatic heterocycles. The third kappa shape index (κ3) is 1.30.